The molecule has 0 bridgehead atoms. The molecular weight excluding hydrogens is 641 g/mol. The van der Waals surface area contributed by atoms with Crippen LogP contribution in [0.5, 0.6) is 0 Å². The maximum Gasteiger partial charge on any atom is 0.160 e. The first-order valence-corrected chi connectivity index (χ1v) is 17.2. The lowest BCUT2D eigenvalue weighted by Crippen LogP contribution is -2.04. The lowest BCUT2D eigenvalue weighted by molar-refractivity contribution is 0.656. The predicted molar refractivity (Wildman–Crippen MR) is 214 cm³/mol. The summed E-state index contributed by atoms with van der Waals surface area (Å²) in [5.74, 6) is 0.557. The SMILES string of the molecule is C=C(N=C(N=C(C)c1ccccc1)c1cccc(-c2cccc3c2oc2cc4oc5ccccc5c4cc23)c1)c1ccc2c(c1)oc1ccccc12. The van der Waals surface area contributed by atoms with Gasteiger partial charge in [0.25, 0.3) is 0 Å². The molecule has 0 atom stereocenters. The summed E-state index contributed by atoms with van der Waals surface area (Å²) >= 11 is 0. The number of hydrogen-bond donors (Lipinski definition) is 0. The largest absolute Gasteiger partial charge is 0.456 e. The standard InChI is InChI=1S/C47H30N2O3/c1-28(30-12-4-3-5-13-30)48-47(49-29(2)31-22-23-37-35-16-6-8-20-41(35)50-43(37)25-31)33-15-10-14-32(24-33)34-18-11-19-38-40-26-39-36-17-7-9-21-42(36)51-44(39)27-45(40)52-46(34)38/h3-27H,2H2,1H3. The van der Waals surface area contributed by atoms with E-state index in [1.165, 1.54) is 0 Å². The van der Waals surface area contributed by atoms with Crippen molar-refractivity contribution in [1.82, 2.24) is 0 Å². The van der Waals surface area contributed by atoms with Crippen molar-refractivity contribution in [3.63, 3.8) is 0 Å². The Bertz CT molecular complexity index is 3100. The third kappa shape index (κ3) is 4.94. The molecule has 7 aromatic carbocycles. The van der Waals surface area contributed by atoms with E-state index in [4.69, 9.17) is 23.2 Å². The van der Waals surface area contributed by atoms with Gasteiger partial charge in [-0.1, -0.05) is 116 Å². The molecule has 5 nitrogen and oxygen atoms in total. The van der Waals surface area contributed by atoms with E-state index in [9.17, 15) is 0 Å². The van der Waals surface area contributed by atoms with Crippen molar-refractivity contribution in [2.45, 2.75) is 6.92 Å². The molecular formula is C47H30N2O3. The second-order valence-electron chi connectivity index (χ2n) is 13.1. The maximum atomic E-state index is 6.60. The molecule has 246 valence electrons. The first-order valence-electron chi connectivity index (χ1n) is 17.2. The number of hydrogen-bond acceptors (Lipinski definition) is 4. The molecule has 0 spiro atoms. The van der Waals surface area contributed by atoms with Gasteiger partial charge in [-0.3, -0.25) is 0 Å². The first kappa shape index (κ1) is 29.9. The van der Waals surface area contributed by atoms with E-state index in [-0.39, 0.29) is 0 Å². The van der Waals surface area contributed by atoms with Crippen LogP contribution in [0.4, 0.5) is 0 Å². The molecule has 0 aliphatic rings. The van der Waals surface area contributed by atoms with E-state index in [0.717, 1.165) is 99.3 Å². The predicted octanol–water partition coefficient (Wildman–Crippen LogP) is 13.0. The molecule has 5 heteroatoms. The van der Waals surface area contributed by atoms with Crippen LogP contribution in [0.25, 0.3) is 82.6 Å². The van der Waals surface area contributed by atoms with Crippen molar-refractivity contribution < 1.29 is 13.3 Å². The summed E-state index contributed by atoms with van der Waals surface area (Å²) in [5, 5.41) is 6.41. The number of amidine groups is 1. The Hall–Kier alpha value is -6.98. The molecule has 0 amide bonds. The van der Waals surface area contributed by atoms with E-state index in [0.29, 0.717) is 11.5 Å². The molecule has 0 saturated heterocycles. The van der Waals surface area contributed by atoms with Crippen LogP contribution in [0.3, 0.4) is 0 Å². The van der Waals surface area contributed by atoms with Crippen molar-refractivity contribution in [3.05, 3.63) is 175 Å². The second kappa shape index (κ2) is 11.8. The summed E-state index contributed by atoms with van der Waals surface area (Å²) in [4.78, 5) is 10.2. The van der Waals surface area contributed by atoms with E-state index in [2.05, 4.69) is 73.3 Å². The second-order valence-corrected chi connectivity index (χ2v) is 13.1. The van der Waals surface area contributed by atoms with Crippen LogP contribution in [0, 0.1) is 0 Å². The highest BCUT2D eigenvalue weighted by Gasteiger charge is 2.17. The highest BCUT2D eigenvalue weighted by Crippen LogP contribution is 2.40. The molecule has 0 N–H and O–H groups in total. The molecule has 10 rings (SSSR count). The van der Waals surface area contributed by atoms with Gasteiger partial charge in [0.1, 0.15) is 33.5 Å². The number of rotatable bonds is 5. The van der Waals surface area contributed by atoms with Gasteiger partial charge >= 0.3 is 0 Å². The van der Waals surface area contributed by atoms with Crippen LogP contribution in [0.1, 0.15) is 23.6 Å². The number of aliphatic imine (C=N–C) groups is 2. The summed E-state index contributed by atoms with van der Waals surface area (Å²) in [7, 11) is 0. The minimum Gasteiger partial charge on any atom is -0.456 e. The minimum absolute atomic E-state index is 0.557. The molecule has 0 aliphatic heterocycles. The van der Waals surface area contributed by atoms with E-state index in [1.54, 1.807) is 0 Å². The summed E-state index contributed by atoms with van der Waals surface area (Å²) in [6.07, 6.45) is 0. The quantitative estimate of drug-likeness (QED) is 0.135. The third-order valence-corrected chi connectivity index (χ3v) is 9.85. The van der Waals surface area contributed by atoms with Crippen molar-refractivity contribution in [2.75, 3.05) is 0 Å². The number of benzene rings is 7. The number of nitrogens with zero attached hydrogens (tertiary/aromatic N) is 2. The van der Waals surface area contributed by atoms with Crippen molar-refractivity contribution >= 4 is 83.1 Å². The zero-order valence-corrected chi connectivity index (χ0v) is 28.3. The highest BCUT2D eigenvalue weighted by atomic mass is 16.3. The van der Waals surface area contributed by atoms with Gasteiger partial charge in [0.15, 0.2) is 5.84 Å². The Kier molecular flexibility index (Phi) is 6.80. The number of furan rings is 3. The molecule has 52 heavy (non-hydrogen) atoms. The van der Waals surface area contributed by atoms with Crippen molar-refractivity contribution in [2.24, 2.45) is 9.98 Å². The van der Waals surface area contributed by atoms with Gasteiger partial charge in [0.2, 0.25) is 0 Å². The van der Waals surface area contributed by atoms with Gasteiger partial charge in [-0.15, -0.1) is 0 Å². The smallest absolute Gasteiger partial charge is 0.160 e. The summed E-state index contributed by atoms with van der Waals surface area (Å²) in [5.41, 5.74) is 11.1. The van der Waals surface area contributed by atoms with Crippen LogP contribution in [0.15, 0.2) is 181 Å². The molecule has 0 fully saturated rings. The lowest BCUT2D eigenvalue weighted by atomic mass is 9.99. The Morgan fingerprint density at radius 1 is 0.442 bits per heavy atom. The van der Waals surface area contributed by atoms with Gasteiger partial charge in [0.05, 0.1) is 5.70 Å². The highest BCUT2D eigenvalue weighted by molar-refractivity contribution is 6.17. The van der Waals surface area contributed by atoms with Gasteiger partial charge in [-0.25, -0.2) is 9.98 Å². The first-order chi connectivity index (χ1) is 25.6. The average molecular weight is 671 g/mol. The zero-order valence-electron chi connectivity index (χ0n) is 28.3. The Morgan fingerprint density at radius 3 is 1.87 bits per heavy atom. The zero-order chi connectivity index (χ0) is 34.8. The summed E-state index contributed by atoms with van der Waals surface area (Å²) in [6, 6.07) is 51.2. The van der Waals surface area contributed by atoms with Crippen molar-refractivity contribution in [1.29, 1.82) is 0 Å². The summed E-state index contributed by atoms with van der Waals surface area (Å²) < 4.78 is 19.0. The van der Waals surface area contributed by atoms with Crippen LogP contribution < -0.4 is 0 Å². The lowest BCUT2D eigenvalue weighted by Gasteiger charge is -2.10. The maximum absolute atomic E-state index is 6.60. The van der Waals surface area contributed by atoms with Crippen LogP contribution >= 0.6 is 0 Å². The van der Waals surface area contributed by atoms with Gasteiger partial charge in [0, 0.05) is 60.8 Å². The third-order valence-electron chi connectivity index (χ3n) is 9.85. The Balaban J connectivity index is 1.09. The normalized spacial score (nSPS) is 12.6. The monoisotopic (exact) mass is 670 g/mol. The average Bonchev–Trinajstić information content (AvgIpc) is 3.87. The van der Waals surface area contributed by atoms with Crippen LogP contribution in [-0.4, -0.2) is 11.5 Å². The number of para-hydroxylation sites is 3. The molecule has 0 radical (unpaired) electrons. The van der Waals surface area contributed by atoms with Crippen molar-refractivity contribution in [3.8, 4) is 11.1 Å². The fourth-order valence-corrected chi connectivity index (χ4v) is 7.22. The molecule has 0 aliphatic carbocycles. The van der Waals surface area contributed by atoms with Crippen LogP contribution in [0.2, 0.25) is 0 Å². The van der Waals surface area contributed by atoms with Gasteiger partial charge in [-0.05, 0) is 54.4 Å². The molecule has 0 unspecified atom stereocenters. The van der Waals surface area contributed by atoms with Crippen LogP contribution in [-0.2, 0) is 0 Å². The van der Waals surface area contributed by atoms with E-state index < -0.39 is 0 Å². The molecule has 10 aromatic rings. The molecule has 3 heterocycles. The Morgan fingerprint density at radius 2 is 1.06 bits per heavy atom. The Labute approximate surface area is 298 Å². The molecule has 0 saturated carbocycles. The van der Waals surface area contributed by atoms with Gasteiger partial charge in [-0.2, -0.15) is 0 Å². The van der Waals surface area contributed by atoms with E-state index >= 15 is 0 Å². The number of fused-ring (bicyclic) bond motifs is 9. The minimum atomic E-state index is 0.557. The topological polar surface area (TPSA) is 64.1 Å². The summed E-state index contributed by atoms with van der Waals surface area (Å²) in [6.45, 7) is 6.40. The fraction of sp³-hybridized carbons (Fsp3) is 0.0213. The van der Waals surface area contributed by atoms with E-state index in [1.807, 2.05) is 91.9 Å². The fourth-order valence-electron chi connectivity index (χ4n) is 7.22. The molecule has 3 aromatic heterocycles. The van der Waals surface area contributed by atoms with Gasteiger partial charge < -0.3 is 13.3 Å².